The van der Waals surface area contributed by atoms with E-state index in [0.29, 0.717) is 5.92 Å². The molecule has 0 spiro atoms. The maximum absolute atomic E-state index is 12.5. The lowest BCUT2D eigenvalue weighted by atomic mass is 9.82. The fraction of sp³-hybridized carbons (Fsp3) is 0.611. The Labute approximate surface area is 164 Å². The molecule has 10 heteroatoms. The number of amides is 2. The first-order valence-corrected chi connectivity index (χ1v) is 11.2. The van der Waals surface area contributed by atoms with Gasteiger partial charge in [-0.2, -0.15) is 8.42 Å². The van der Waals surface area contributed by atoms with Crippen molar-refractivity contribution in [2.75, 3.05) is 0 Å². The average Bonchev–Trinajstić information content (AvgIpc) is 3.32. The van der Waals surface area contributed by atoms with Crippen LogP contribution >= 0.6 is 0 Å². The van der Waals surface area contributed by atoms with Gasteiger partial charge in [-0.1, -0.05) is 12.5 Å². The maximum atomic E-state index is 12.5. The van der Waals surface area contributed by atoms with Crippen molar-refractivity contribution in [3.05, 3.63) is 29.2 Å². The standard InChI is InChI=1S/C18H25N5O4S/c1-11(24)9-23-10-19-18(21-23)28(26,27)22-17(25)20-16-14-6-2-4-12(14)8-13-5-3-7-15(13)16/h8,10-12,14,24H,2-7,9H2,1H3,(H2,20,22,25)/t11-,12?,14?/m1/s1. The largest absolute Gasteiger partial charge is 0.391 e. The Balaban J connectivity index is 1.49. The zero-order valence-corrected chi connectivity index (χ0v) is 16.6. The molecule has 1 aromatic rings. The Morgan fingerprint density at radius 2 is 2.18 bits per heavy atom. The summed E-state index contributed by atoms with van der Waals surface area (Å²) in [5.74, 6) is 0.690. The van der Waals surface area contributed by atoms with Gasteiger partial charge >= 0.3 is 16.1 Å². The molecular formula is C18H25N5O4S. The third-order valence-corrected chi connectivity index (χ3v) is 6.75. The van der Waals surface area contributed by atoms with Crippen LogP contribution in [0.15, 0.2) is 34.4 Å². The van der Waals surface area contributed by atoms with Crippen LogP contribution in [0.4, 0.5) is 4.79 Å². The van der Waals surface area contributed by atoms with E-state index < -0.39 is 27.3 Å². The summed E-state index contributed by atoms with van der Waals surface area (Å²) in [7, 11) is -4.19. The second kappa shape index (κ2) is 7.32. The van der Waals surface area contributed by atoms with E-state index in [9.17, 15) is 18.3 Å². The number of aliphatic hydroxyl groups is 1. The van der Waals surface area contributed by atoms with Gasteiger partial charge in [-0.05, 0) is 56.1 Å². The summed E-state index contributed by atoms with van der Waals surface area (Å²) >= 11 is 0. The Bertz CT molecular complexity index is 947. The molecule has 2 fully saturated rings. The van der Waals surface area contributed by atoms with Gasteiger partial charge in [0.15, 0.2) is 0 Å². The highest BCUT2D eigenvalue weighted by atomic mass is 32.2. The van der Waals surface area contributed by atoms with Gasteiger partial charge in [-0.15, -0.1) is 5.10 Å². The van der Waals surface area contributed by atoms with Gasteiger partial charge in [0.1, 0.15) is 6.33 Å². The average molecular weight is 407 g/mol. The van der Waals surface area contributed by atoms with Crippen LogP contribution in [0, 0.1) is 11.8 Å². The summed E-state index contributed by atoms with van der Waals surface area (Å²) in [4.78, 5) is 16.2. The number of carbonyl (C=O) groups excluding carboxylic acids is 1. The minimum atomic E-state index is -4.19. The summed E-state index contributed by atoms with van der Waals surface area (Å²) in [5, 5.41) is 15.5. The van der Waals surface area contributed by atoms with E-state index in [1.54, 1.807) is 6.92 Å². The number of urea groups is 1. The van der Waals surface area contributed by atoms with Crippen molar-refractivity contribution in [1.82, 2.24) is 24.8 Å². The number of sulfonamides is 1. The van der Waals surface area contributed by atoms with E-state index in [1.165, 1.54) is 22.2 Å². The first kappa shape index (κ1) is 19.1. The molecule has 0 aliphatic heterocycles. The number of allylic oxidation sites excluding steroid dienone is 4. The predicted octanol–water partition coefficient (Wildman–Crippen LogP) is 1.44. The Morgan fingerprint density at radius 1 is 1.36 bits per heavy atom. The zero-order chi connectivity index (χ0) is 19.9. The summed E-state index contributed by atoms with van der Waals surface area (Å²) in [6.45, 7) is 1.67. The van der Waals surface area contributed by atoms with Crippen molar-refractivity contribution in [2.45, 2.75) is 63.3 Å². The predicted molar refractivity (Wildman–Crippen MR) is 100 cm³/mol. The number of nitrogens with one attached hydrogen (secondary N) is 2. The molecule has 0 bridgehead atoms. The van der Waals surface area contributed by atoms with E-state index in [2.05, 4.69) is 21.5 Å². The number of nitrogens with zero attached hydrogens (tertiary/aromatic N) is 3. The lowest BCUT2D eigenvalue weighted by Gasteiger charge is -2.28. The molecule has 2 unspecified atom stereocenters. The summed E-state index contributed by atoms with van der Waals surface area (Å²) < 4.78 is 28.1. The number of aliphatic hydroxyl groups excluding tert-OH is 1. The van der Waals surface area contributed by atoms with Crippen LogP contribution in [0.3, 0.4) is 0 Å². The van der Waals surface area contributed by atoms with Crippen LogP contribution < -0.4 is 10.0 Å². The second-order valence-electron chi connectivity index (χ2n) is 7.80. The molecule has 0 saturated heterocycles. The van der Waals surface area contributed by atoms with E-state index in [1.807, 2.05) is 4.72 Å². The van der Waals surface area contributed by atoms with E-state index in [-0.39, 0.29) is 12.5 Å². The Hall–Kier alpha value is -2.20. The fourth-order valence-corrected chi connectivity index (χ4v) is 5.32. The summed E-state index contributed by atoms with van der Waals surface area (Å²) in [6, 6.07) is -0.784. The first-order valence-electron chi connectivity index (χ1n) is 9.69. The molecule has 9 nitrogen and oxygen atoms in total. The quantitative estimate of drug-likeness (QED) is 0.678. The third-order valence-electron chi connectivity index (χ3n) is 5.62. The van der Waals surface area contributed by atoms with Gasteiger partial charge in [0.25, 0.3) is 5.16 Å². The second-order valence-corrected chi connectivity index (χ2v) is 9.37. The highest BCUT2D eigenvalue weighted by molar-refractivity contribution is 7.89. The molecule has 3 aliphatic carbocycles. The maximum Gasteiger partial charge on any atom is 0.332 e. The van der Waals surface area contributed by atoms with Gasteiger partial charge in [0.05, 0.1) is 12.6 Å². The molecule has 3 N–H and O–H groups in total. The topological polar surface area (TPSA) is 126 Å². The molecule has 4 rings (SSSR count). The van der Waals surface area contributed by atoms with Crippen molar-refractivity contribution in [1.29, 1.82) is 0 Å². The SMILES string of the molecule is C[C@@H](O)Cn1cnc(S(=O)(=O)NC(=O)NC2=C3CCCC3=CC3CCCC23)n1. The van der Waals surface area contributed by atoms with Crippen LogP contribution in [0.2, 0.25) is 0 Å². The first-order chi connectivity index (χ1) is 13.3. The Morgan fingerprint density at radius 3 is 2.96 bits per heavy atom. The zero-order valence-electron chi connectivity index (χ0n) is 15.8. The van der Waals surface area contributed by atoms with Crippen LogP contribution in [-0.2, 0) is 16.6 Å². The van der Waals surface area contributed by atoms with E-state index >= 15 is 0 Å². The molecule has 3 aliphatic rings. The third kappa shape index (κ3) is 3.70. The van der Waals surface area contributed by atoms with Gasteiger partial charge in [0, 0.05) is 11.6 Å². The molecule has 152 valence electrons. The van der Waals surface area contributed by atoms with Crippen LogP contribution in [0.5, 0.6) is 0 Å². The smallest absolute Gasteiger partial charge is 0.332 e. The fourth-order valence-electron chi connectivity index (χ4n) is 4.53. The minimum Gasteiger partial charge on any atom is -0.391 e. The van der Waals surface area contributed by atoms with Gasteiger partial charge in [-0.25, -0.2) is 19.2 Å². The van der Waals surface area contributed by atoms with Gasteiger partial charge in [-0.3, -0.25) is 0 Å². The Kier molecular flexibility index (Phi) is 5.00. The summed E-state index contributed by atoms with van der Waals surface area (Å²) in [6.07, 6.45) is 9.11. The molecule has 0 aromatic carbocycles. The van der Waals surface area contributed by atoms with Crippen molar-refractivity contribution in [3.63, 3.8) is 0 Å². The monoisotopic (exact) mass is 407 g/mol. The van der Waals surface area contributed by atoms with Gasteiger partial charge in [0.2, 0.25) is 0 Å². The lowest BCUT2D eigenvalue weighted by Crippen LogP contribution is -2.42. The van der Waals surface area contributed by atoms with Crippen molar-refractivity contribution >= 4 is 16.1 Å². The van der Waals surface area contributed by atoms with Gasteiger partial charge < -0.3 is 10.4 Å². The lowest BCUT2D eigenvalue weighted by molar-refractivity contribution is 0.168. The highest BCUT2D eigenvalue weighted by Crippen LogP contribution is 2.47. The van der Waals surface area contributed by atoms with E-state index in [4.69, 9.17) is 0 Å². The number of fused-ring (bicyclic) bond motifs is 2. The van der Waals surface area contributed by atoms with Crippen molar-refractivity contribution in [2.24, 2.45) is 11.8 Å². The molecule has 3 atom stereocenters. The number of carbonyl (C=O) groups is 1. The normalized spacial score (nSPS) is 25.1. The molecule has 2 amide bonds. The number of hydrogen-bond acceptors (Lipinski definition) is 6. The van der Waals surface area contributed by atoms with Crippen molar-refractivity contribution in [3.8, 4) is 0 Å². The highest BCUT2D eigenvalue weighted by Gasteiger charge is 2.37. The molecule has 0 radical (unpaired) electrons. The van der Waals surface area contributed by atoms with Crippen LogP contribution in [0.1, 0.15) is 45.4 Å². The van der Waals surface area contributed by atoms with Crippen molar-refractivity contribution < 1.29 is 18.3 Å². The minimum absolute atomic E-state index is 0.114. The molecule has 2 saturated carbocycles. The number of hydrogen-bond donors (Lipinski definition) is 3. The number of rotatable bonds is 5. The molecular weight excluding hydrogens is 382 g/mol. The summed E-state index contributed by atoms with van der Waals surface area (Å²) in [5.41, 5.74) is 3.37. The molecule has 28 heavy (non-hydrogen) atoms. The van der Waals surface area contributed by atoms with E-state index in [0.717, 1.165) is 44.2 Å². The van der Waals surface area contributed by atoms with Crippen LogP contribution in [0.25, 0.3) is 0 Å². The molecule has 1 heterocycles. The van der Waals surface area contributed by atoms with Crippen LogP contribution in [-0.4, -0.2) is 40.4 Å². The number of aromatic nitrogens is 3. The molecule has 1 aromatic heterocycles.